The van der Waals surface area contributed by atoms with Gasteiger partial charge in [0, 0.05) is 17.4 Å². The average molecular weight is 359 g/mol. The largest absolute Gasteiger partial charge is 0.325 e. The highest BCUT2D eigenvalue weighted by Gasteiger charge is 2.16. The van der Waals surface area contributed by atoms with Crippen LogP contribution in [0.3, 0.4) is 0 Å². The zero-order chi connectivity index (χ0) is 19.1. The normalized spacial score (nSPS) is 11.6. The molecule has 1 unspecified atom stereocenters. The van der Waals surface area contributed by atoms with Gasteiger partial charge in [0.1, 0.15) is 0 Å². The molecule has 136 valence electrons. The fourth-order valence-electron chi connectivity index (χ4n) is 2.80. The van der Waals surface area contributed by atoms with Gasteiger partial charge in [-0.1, -0.05) is 48.5 Å². The van der Waals surface area contributed by atoms with Crippen LogP contribution in [0.15, 0.2) is 79.0 Å². The highest BCUT2D eigenvalue weighted by atomic mass is 16.2. The number of carbonyl (C=O) groups excluding carboxylic acids is 2. The molecule has 5 heteroatoms. The number of aromatic nitrogens is 1. The van der Waals surface area contributed by atoms with Gasteiger partial charge in [-0.3, -0.25) is 19.9 Å². The lowest BCUT2D eigenvalue weighted by molar-refractivity contribution is -0.115. The summed E-state index contributed by atoms with van der Waals surface area (Å²) in [5, 5.41) is 6.09. The van der Waals surface area contributed by atoms with Crippen molar-refractivity contribution in [3.63, 3.8) is 0 Å². The van der Waals surface area contributed by atoms with Gasteiger partial charge < -0.3 is 5.32 Å². The Hall–Kier alpha value is -3.31. The van der Waals surface area contributed by atoms with Gasteiger partial charge in [-0.05, 0) is 36.8 Å². The second-order valence-electron chi connectivity index (χ2n) is 6.16. The number of benzene rings is 2. The van der Waals surface area contributed by atoms with Gasteiger partial charge in [-0.2, -0.15) is 0 Å². The molecule has 0 bridgehead atoms. The van der Waals surface area contributed by atoms with Crippen LogP contribution < -0.4 is 10.6 Å². The highest BCUT2D eigenvalue weighted by molar-refractivity contribution is 5.97. The van der Waals surface area contributed by atoms with E-state index in [9.17, 15) is 9.59 Å². The van der Waals surface area contributed by atoms with Crippen LogP contribution in [0, 0.1) is 0 Å². The van der Waals surface area contributed by atoms with Crippen molar-refractivity contribution in [1.29, 1.82) is 0 Å². The number of amides is 1. The third kappa shape index (κ3) is 5.09. The van der Waals surface area contributed by atoms with Crippen LogP contribution in [-0.4, -0.2) is 23.2 Å². The molecule has 1 amide bonds. The van der Waals surface area contributed by atoms with E-state index in [2.05, 4.69) is 15.6 Å². The molecule has 0 saturated carbocycles. The van der Waals surface area contributed by atoms with Crippen molar-refractivity contribution in [2.24, 2.45) is 0 Å². The molecule has 2 N–H and O–H groups in total. The quantitative estimate of drug-likeness (QED) is 0.632. The number of ketones is 1. The van der Waals surface area contributed by atoms with Crippen LogP contribution >= 0.6 is 0 Å². The fraction of sp³-hybridized carbons (Fsp3) is 0.136. The predicted octanol–water partition coefficient (Wildman–Crippen LogP) is 3.60. The predicted molar refractivity (Wildman–Crippen MR) is 106 cm³/mol. The summed E-state index contributed by atoms with van der Waals surface area (Å²) in [6.45, 7) is 1.61. The summed E-state index contributed by atoms with van der Waals surface area (Å²) in [6, 6.07) is 22.3. The second kappa shape index (κ2) is 8.87. The number of carbonyl (C=O) groups is 2. The molecule has 1 aromatic heterocycles. The monoisotopic (exact) mass is 359 g/mol. The SMILES string of the molecule is CC(=O)c1cccc(NC(=O)CNC(c2ccccc2)c2ccccn2)c1. The number of nitrogens with zero attached hydrogens (tertiary/aromatic N) is 1. The van der Waals surface area contributed by atoms with E-state index in [0.717, 1.165) is 11.3 Å². The van der Waals surface area contributed by atoms with Crippen molar-refractivity contribution in [2.45, 2.75) is 13.0 Å². The minimum Gasteiger partial charge on any atom is -0.325 e. The third-order valence-corrected chi connectivity index (χ3v) is 4.14. The number of hydrogen-bond acceptors (Lipinski definition) is 4. The van der Waals surface area contributed by atoms with E-state index >= 15 is 0 Å². The molecule has 2 aromatic carbocycles. The molecule has 0 spiro atoms. The summed E-state index contributed by atoms with van der Waals surface area (Å²) < 4.78 is 0. The number of nitrogens with one attached hydrogen (secondary N) is 2. The molecule has 0 aliphatic carbocycles. The van der Waals surface area contributed by atoms with Crippen molar-refractivity contribution in [1.82, 2.24) is 10.3 Å². The summed E-state index contributed by atoms with van der Waals surface area (Å²) >= 11 is 0. The zero-order valence-corrected chi connectivity index (χ0v) is 15.1. The van der Waals surface area contributed by atoms with Crippen LogP contribution in [0.2, 0.25) is 0 Å². The van der Waals surface area contributed by atoms with E-state index in [1.165, 1.54) is 6.92 Å². The number of Topliss-reactive ketones (excluding diaryl/α,β-unsaturated/α-hetero) is 1. The maximum Gasteiger partial charge on any atom is 0.238 e. The summed E-state index contributed by atoms with van der Waals surface area (Å²) in [5.74, 6) is -0.226. The molecule has 0 radical (unpaired) electrons. The second-order valence-corrected chi connectivity index (χ2v) is 6.16. The Bertz CT molecular complexity index is 872. The number of hydrogen-bond donors (Lipinski definition) is 2. The maximum atomic E-state index is 12.4. The molecule has 0 aliphatic heterocycles. The first kappa shape index (κ1) is 18.5. The molecular weight excluding hydrogens is 338 g/mol. The van der Waals surface area contributed by atoms with E-state index in [4.69, 9.17) is 0 Å². The van der Waals surface area contributed by atoms with Crippen LogP contribution in [0.5, 0.6) is 0 Å². The Balaban J connectivity index is 1.69. The summed E-state index contributed by atoms with van der Waals surface area (Å²) in [4.78, 5) is 28.3. The first-order valence-corrected chi connectivity index (χ1v) is 8.73. The van der Waals surface area contributed by atoms with Crippen LogP contribution in [0.25, 0.3) is 0 Å². The Morgan fingerprint density at radius 3 is 2.44 bits per heavy atom. The van der Waals surface area contributed by atoms with Gasteiger partial charge >= 0.3 is 0 Å². The first-order chi connectivity index (χ1) is 13.1. The lowest BCUT2D eigenvalue weighted by atomic mass is 10.0. The standard InChI is InChI=1S/C22H21N3O2/c1-16(26)18-10-7-11-19(14-18)25-21(27)15-24-22(17-8-3-2-4-9-17)20-12-5-6-13-23-20/h2-14,22,24H,15H2,1H3,(H,25,27). The van der Waals surface area contributed by atoms with Crippen molar-refractivity contribution < 1.29 is 9.59 Å². The Kier molecular flexibility index (Phi) is 6.07. The number of pyridine rings is 1. The third-order valence-electron chi connectivity index (χ3n) is 4.14. The maximum absolute atomic E-state index is 12.4. The van der Waals surface area contributed by atoms with E-state index in [-0.39, 0.29) is 24.3 Å². The Labute approximate surface area is 158 Å². The molecule has 1 atom stereocenters. The van der Waals surface area contributed by atoms with E-state index in [1.807, 2.05) is 48.5 Å². The van der Waals surface area contributed by atoms with Gasteiger partial charge in [0.15, 0.2) is 5.78 Å². The van der Waals surface area contributed by atoms with Crippen molar-refractivity contribution in [2.75, 3.05) is 11.9 Å². The minimum absolute atomic E-state index is 0.0384. The fourth-order valence-corrected chi connectivity index (χ4v) is 2.80. The van der Waals surface area contributed by atoms with Gasteiger partial charge in [-0.15, -0.1) is 0 Å². The van der Waals surface area contributed by atoms with Crippen LogP contribution in [0.1, 0.15) is 34.6 Å². The van der Waals surface area contributed by atoms with E-state index < -0.39 is 0 Å². The Morgan fingerprint density at radius 1 is 0.963 bits per heavy atom. The van der Waals surface area contributed by atoms with Gasteiger partial charge in [-0.25, -0.2) is 0 Å². The summed E-state index contributed by atoms with van der Waals surface area (Å²) in [6.07, 6.45) is 1.74. The van der Waals surface area contributed by atoms with E-state index in [1.54, 1.807) is 30.5 Å². The lowest BCUT2D eigenvalue weighted by Gasteiger charge is -2.18. The lowest BCUT2D eigenvalue weighted by Crippen LogP contribution is -2.32. The summed E-state index contributed by atoms with van der Waals surface area (Å²) in [7, 11) is 0. The molecule has 0 fully saturated rings. The minimum atomic E-state index is -0.193. The van der Waals surface area contributed by atoms with Crippen molar-refractivity contribution in [3.05, 3.63) is 95.8 Å². The highest BCUT2D eigenvalue weighted by Crippen LogP contribution is 2.19. The molecular formula is C22H21N3O2. The van der Waals surface area contributed by atoms with Gasteiger partial charge in [0.05, 0.1) is 18.3 Å². The van der Waals surface area contributed by atoms with Crippen LogP contribution in [-0.2, 0) is 4.79 Å². The number of anilines is 1. The molecule has 0 saturated heterocycles. The average Bonchev–Trinajstić information content (AvgIpc) is 2.70. The Morgan fingerprint density at radius 2 is 1.74 bits per heavy atom. The molecule has 27 heavy (non-hydrogen) atoms. The smallest absolute Gasteiger partial charge is 0.238 e. The van der Waals surface area contributed by atoms with Crippen molar-refractivity contribution in [3.8, 4) is 0 Å². The van der Waals surface area contributed by atoms with Crippen molar-refractivity contribution >= 4 is 17.4 Å². The summed E-state index contributed by atoms with van der Waals surface area (Å²) in [5.41, 5.74) is 3.04. The first-order valence-electron chi connectivity index (χ1n) is 8.73. The molecule has 1 heterocycles. The molecule has 3 aromatic rings. The van der Waals surface area contributed by atoms with E-state index in [0.29, 0.717) is 11.3 Å². The molecule has 5 nitrogen and oxygen atoms in total. The zero-order valence-electron chi connectivity index (χ0n) is 15.1. The number of rotatable bonds is 7. The molecule has 0 aliphatic rings. The van der Waals surface area contributed by atoms with Gasteiger partial charge in [0.25, 0.3) is 0 Å². The van der Waals surface area contributed by atoms with Crippen LogP contribution in [0.4, 0.5) is 5.69 Å². The van der Waals surface area contributed by atoms with Gasteiger partial charge in [0.2, 0.25) is 5.91 Å². The molecule has 3 rings (SSSR count). The topological polar surface area (TPSA) is 71.1 Å².